The van der Waals surface area contributed by atoms with Crippen molar-refractivity contribution in [1.82, 2.24) is 39.9 Å². The molecule has 0 bridgehead atoms. The molecule has 0 saturated heterocycles. The van der Waals surface area contributed by atoms with Gasteiger partial charge in [0, 0.05) is 47.9 Å². The van der Waals surface area contributed by atoms with E-state index in [2.05, 4.69) is 35.2 Å². The zero-order chi connectivity index (χ0) is 19.4. The smallest absolute Gasteiger partial charge is 0.181 e. The van der Waals surface area contributed by atoms with E-state index >= 15 is 0 Å². The lowest BCUT2D eigenvalue weighted by molar-refractivity contribution is 0.568. The lowest BCUT2D eigenvalue weighted by atomic mass is 10.1. The Labute approximate surface area is 163 Å². The van der Waals surface area contributed by atoms with Gasteiger partial charge in [-0.3, -0.25) is 9.78 Å². The van der Waals surface area contributed by atoms with Crippen LogP contribution >= 0.6 is 0 Å². The number of imidazole rings is 1. The molecular weight excluding hydrogens is 368 g/mol. The van der Waals surface area contributed by atoms with Gasteiger partial charge in [-0.15, -0.1) is 0 Å². The lowest BCUT2D eigenvalue weighted by Gasteiger charge is -1.98. The second-order valence-corrected chi connectivity index (χ2v) is 6.75. The molecule has 6 aromatic rings. The number of aryl methyl sites for hydroxylation is 1. The monoisotopic (exact) mass is 382 g/mol. The molecule has 6 heterocycles. The summed E-state index contributed by atoms with van der Waals surface area (Å²) in [6, 6.07) is 5.88. The van der Waals surface area contributed by atoms with Crippen molar-refractivity contribution >= 4 is 22.2 Å². The van der Waals surface area contributed by atoms with Gasteiger partial charge < -0.3 is 9.40 Å². The van der Waals surface area contributed by atoms with E-state index < -0.39 is 0 Å². The van der Waals surface area contributed by atoms with Gasteiger partial charge in [-0.05, 0) is 18.2 Å². The second-order valence-electron chi connectivity index (χ2n) is 6.75. The molecule has 0 atom stereocenters. The van der Waals surface area contributed by atoms with Crippen LogP contribution in [0.1, 0.15) is 0 Å². The highest BCUT2D eigenvalue weighted by atomic mass is 16.3. The minimum Gasteiger partial charge on any atom is -0.472 e. The molecule has 0 unspecified atom stereocenters. The number of hydrogen-bond donors (Lipinski definition) is 2. The van der Waals surface area contributed by atoms with E-state index in [1.165, 1.54) is 0 Å². The summed E-state index contributed by atoms with van der Waals surface area (Å²) < 4.78 is 6.99. The predicted molar refractivity (Wildman–Crippen MR) is 107 cm³/mol. The van der Waals surface area contributed by atoms with Crippen LogP contribution < -0.4 is 0 Å². The van der Waals surface area contributed by atoms with Crippen LogP contribution in [0.4, 0.5) is 0 Å². The van der Waals surface area contributed by atoms with Crippen molar-refractivity contribution in [1.29, 1.82) is 0 Å². The van der Waals surface area contributed by atoms with Crippen molar-refractivity contribution < 1.29 is 4.42 Å². The largest absolute Gasteiger partial charge is 0.472 e. The molecule has 9 nitrogen and oxygen atoms in total. The Morgan fingerprint density at radius 1 is 1.03 bits per heavy atom. The van der Waals surface area contributed by atoms with Crippen molar-refractivity contribution in [3.8, 4) is 33.8 Å². The Morgan fingerprint density at radius 3 is 2.83 bits per heavy atom. The summed E-state index contributed by atoms with van der Waals surface area (Å²) >= 11 is 0. The van der Waals surface area contributed by atoms with Crippen molar-refractivity contribution in [2.75, 3.05) is 0 Å². The summed E-state index contributed by atoms with van der Waals surface area (Å²) in [6.45, 7) is 0. The first-order valence-corrected chi connectivity index (χ1v) is 8.97. The normalized spacial score (nSPS) is 11.6. The number of nitrogens with one attached hydrogen (secondary N) is 2. The summed E-state index contributed by atoms with van der Waals surface area (Å²) in [5.74, 6) is 0.649. The zero-order valence-electron chi connectivity index (χ0n) is 15.3. The first-order chi connectivity index (χ1) is 14.3. The first-order valence-electron chi connectivity index (χ1n) is 8.97. The number of furan rings is 1. The third-order valence-electron chi connectivity index (χ3n) is 4.91. The molecule has 9 heteroatoms. The van der Waals surface area contributed by atoms with E-state index in [4.69, 9.17) is 4.42 Å². The van der Waals surface area contributed by atoms with Gasteiger partial charge in [-0.25, -0.2) is 15.0 Å². The van der Waals surface area contributed by atoms with Crippen molar-refractivity contribution in [3.63, 3.8) is 0 Å². The topological polar surface area (TPSA) is 114 Å². The molecule has 0 aromatic carbocycles. The summed E-state index contributed by atoms with van der Waals surface area (Å²) in [5, 5.41) is 12.5. The van der Waals surface area contributed by atoms with Gasteiger partial charge in [0.2, 0.25) is 0 Å². The maximum atomic E-state index is 5.23. The average molecular weight is 382 g/mol. The maximum Gasteiger partial charge on any atom is 0.181 e. The highest BCUT2D eigenvalue weighted by molar-refractivity contribution is 5.95. The number of aromatic nitrogens is 8. The van der Waals surface area contributed by atoms with Crippen molar-refractivity contribution in [2.45, 2.75) is 0 Å². The van der Waals surface area contributed by atoms with Crippen molar-refractivity contribution in [3.05, 3.63) is 55.5 Å². The van der Waals surface area contributed by atoms with E-state index in [1.54, 1.807) is 29.6 Å². The average Bonchev–Trinajstić information content (AvgIpc) is 3.51. The van der Waals surface area contributed by atoms with Crippen LogP contribution in [-0.4, -0.2) is 39.9 Å². The Bertz CT molecular complexity index is 1470. The third-order valence-corrected chi connectivity index (χ3v) is 4.91. The molecule has 0 fully saturated rings. The summed E-state index contributed by atoms with van der Waals surface area (Å²) in [4.78, 5) is 16.9. The fourth-order valence-electron chi connectivity index (χ4n) is 3.50. The number of fused-ring (bicyclic) bond motifs is 2. The van der Waals surface area contributed by atoms with Crippen LogP contribution in [0.25, 0.3) is 56.0 Å². The molecule has 140 valence electrons. The highest BCUT2D eigenvalue weighted by Gasteiger charge is 2.17. The molecule has 6 aromatic heterocycles. The molecule has 0 aliphatic heterocycles. The SMILES string of the molecule is Cn1cc(-c2cnc3n[nH]c(-c4nc5nccc(-c6ccoc6)c5[nH]4)c3c2)cn1. The number of aromatic amines is 2. The van der Waals surface area contributed by atoms with Crippen molar-refractivity contribution in [2.24, 2.45) is 7.05 Å². The van der Waals surface area contributed by atoms with Gasteiger partial charge in [0.15, 0.2) is 17.1 Å². The molecule has 0 aliphatic rings. The number of hydrogen-bond acceptors (Lipinski definition) is 6. The van der Waals surface area contributed by atoms with Crippen LogP contribution in [0.15, 0.2) is 59.9 Å². The molecule has 0 saturated carbocycles. The fraction of sp³-hybridized carbons (Fsp3) is 0.0500. The standard InChI is InChI=1S/C20H14N8O/c1-28-9-13(8-23-28)12-6-15-17(26-27-18(15)22-7-12)20-24-16-14(11-3-5-29-10-11)2-4-21-19(16)25-20/h2-10H,1H3,(H,21,24,25)(H,22,26,27). The van der Waals surface area contributed by atoms with Crippen LogP contribution in [0, 0.1) is 0 Å². The van der Waals surface area contributed by atoms with E-state index in [0.29, 0.717) is 17.1 Å². The molecule has 0 amide bonds. The molecule has 6 rings (SSSR count). The van der Waals surface area contributed by atoms with E-state index in [9.17, 15) is 0 Å². The highest BCUT2D eigenvalue weighted by Crippen LogP contribution is 2.31. The van der Waals surface area contributed by atoms with Gasteiger partial charge in [-0.1, -0.05) is 0 Å². The zero-order valence-corrected chi connectivity index (χ0v) is 15.3. The fourth-order valence-corrected chi connectivity index (χ4v) is 3.50. The Hall–Kier alpha value is -4.27. The molecule has 2 N–H and O–H groups in total. The number of nitrogens with zero attached hydrogens (tertiary/aromatic N) is 6. The number of H-pyrrole nitrogens is 2. The molecule has 29 heavy (non-hydrogen) atoms. The summed E-state index contributed by atoms with van der Waals surface area (Å²) in [6.07, 6.45) is 10.6. The van der Waals surface area contributed by atoms with E-state index in [0.717, 1.165) is 38.9 Å². The molecule has 0 aliphatic carbocycles. The molecule has 0 radical (unpaired) electrons. The van der Waals surface area contributed by atoms with Gasteiger partial charge in [-0.2, -0.15) is 10.2 Å². The minimum absolute atomic E-state index is 0.621. The maximum absolute atomic E-state index is 5.23. The van der Waals surface area contributed by atoms with E-state index in [-0.39, 0.29) is 0 Å². The quantitative estimate of drug-likeness (QED) is 0.484. The van der Waals surface area contributed by atoms with Crippen LogP contribution in [-0.2, 0) is 7.05 Å². The number of pyridine rings is 2. The molecule has 0 spiro atoms. The van der Waals surface area contributed by atoms with Crippen LogP contribution in [0.5, 0.6) is 0 Å². The predicted octanol–water partition coefficient (Wildman–Crippen LogP) is 3.56. The number of rotatable bonds is 3. The minimum atomic E-state index is 0.621. The third kappa shape index (κ3) is 2.44. The van der Waals surface area contributed by atoms with Crippen LogP contribution in [0.3, 0.4) is 0 Å². The van der Waals surface area contributed by atoms with Gasteiger partial charge in [0.05, 0.1) is 29.6 Å². The van der Waals surface area contributed by atoms with E-state index in [1.807, 2.05) is 37.6 Å². The van der Waals surface area contributed by atoms with Gasteiger partial charge >= 0.3 is 0 Å². The summed E-state index contributed by atoms with van der Waals surface area (Å²) in [5.41, 5.74) is 6.72. The lowest BCUT2D eigenvalue weighted by Crippen LogP contribution is -1.85. The Balaban J connectivity index is 1.53. The second kappa shape index (κ2) is 5.86. The summed E-state index contributed by atoms with van der Waals surface area (Å²) in [7, 11) is 1.89. The Kier molecular flexibility index (Phi) is 3.19. The Morgan fingerprint density at radius 2 is 2.00 bits per heavy atom. The van der Waals surface area contributed by atoms with Gasteiger partial charge in [0.25, 0.3) is 0 Å². The molecular formula is C20H14N8O. The first kappa shape index (κ1) is 15.8. The van der Waals surface area contributed by atoms with Gasteiger partial charge in [0.1, 0.15) is 5.69 Å². The van der Waals surface area contributed by atoms with Crippen LogP contribution in [0.2, 0.25) is 0 Å².